The highest BCUT2D eigenvalue weighted by Crippen LogP contribution is 2.34. The Balaban J connectivity index is 2.38. The van der Waals surface area contributed by atoms with Crippen molar-refractivity contribution in [3.05, 3.63) is 47.0 Å². The van der Waals surface area contributed by atoms with E-state index < -0.39 is 5.97 Å². The molecule has 0 aliphatic rings. The Labute approximate surface area is 143 Å². The van der Waals surface area contributed by atoms with Crippen molar-refractivity contribution in [3.63, 3.8) is 0 Å². The summed E-state index contributed by atoms with van der Waals surface area (Å²) in [5, 5.41) is 14.5. The van der Waals surface area contributed by atoms with Crippen LogP contribution < -0.4 is 0 Å². The van der Waals surface area contributed by atoms with Crippen molar-refractivity contribution in [2.45, 2.75) is 20.4 Å². The molecule has 3 rings (SSSR count). The van der Waals surface area contributed by atoms with Crippen LogP contribution in [0.15, 0.2) is 30.6 Å². The number of hydrogen-bond donors (Lipinski definition) is 1. The van der Waals surface area contributed by atoms with Gasteiger partial charge in [-0.15, -0.1) is 0 Å². The number of carboxylic acid groups (broad SMARTS) is 1. The molecule has 3 aromatic heterocycles. The summed E-state index contributed by atoms with van der Waals surface area (Å²) in [7, 11) is 0. The molecule has 0 fully saturated rings. The second-order valence-electron chi connectivity index (χ2n) is 5.22. The highest BCUT2D eigenvalue weighted by molar-refractivity contribution is 6.29. The number of nitrogens with zero attached hydrogens (tertiary/aromatic N) is 4. The van der Waals surface area contributed by atoms with Gasteiger partial charge in [-0.1, -0.05) is 11.6 Å². The van der Waals surface area contributed by atoms with Crippen molar-refractivity contribution < 1.29 is 9.90 Å². The van der Waals surface area contributed by atoms with E-state index in [0.29, 0.717) is 11.7 Å². The molecular weight excluding hydrogens is 328 g/mol. The van der Waals surface area contributed by atoms with Crippen LogP contribution in [0.5, 0.6) is 0 Å². The number of pyridine rings is 2. The zero-order valence-electron chi connectivity index (χ0n) is 13.2. The molecule has 1 N–H and O–H groups in total. The molecule has 3 heterocycles. The van der Waals surface area contributed by atoms with Crippen LogP contribution in [-0.2, 0) is 11.3 Å². The van der Waals surface area contributed by atoms with Gasteiger partial charge in [0.1, 0.15) is 5.15 Å². The average Bonchev–Trinajstić information content (AvgIpc) is 2.94. The van der Waals surface area contributed by atoms with E-state index in [2.05, 4.69) is 15.1 Å². The van der Waals surface area contributed by atoms with Gasteiger partial charge in [-0.05, 0) is 37.6 Å². The number of aryl methyl sites for hydroxylation is 2. The van der Waals surface area contributed by atoms with Crippen molar-refractivity contribution in [1.82, 2.24) is 19.7 Å². The molecule has 3 aromatic rings. The lowest BCUT2D eigenvalue weighted by atomic mass is 9.97. The zero-order valence-corrected chi connectivity index (χ0v) is 13.9. The monoisotopic (exact) mass is 342 g/mol. The van der Waals surface area contributed by atoms with E-state index in [-0.39, 0.29) is 0 Å². The maximum Gasteiger partial charge on any atom is 0.328 e. The Morgan fingerprint density at radius 2 is 2.25 bits per heavy atom. The molecule has 0 saturated carbocycles. The molecule has 0 amide bonds. The van der Waals surface area contributed by atoms with Gasteiger partial charge in [0, 0.05) is 41.0 Å². The number of fused-ring (bicyclic) bond motifs is 1. The highest BCUT2D eigenvalue weighted by atomic mass is 35.5. The van der Waals surface area contributed by atoms with E-state index in [4.69, 9.17) is 16.7 Å². The van der Waals surface area contributed by atoms with Gasteiger partial charge in [-0.25, -0.2) is 19.4 Å². The third kappa shape index (κ3) is 2.88. The normalized spacial score (nSPS) is 11.5. The van der Waals surface area contributed by atoms with Gasteiger partial charge in [-0.3, -0.25) is 0 Å². The third-order valence-electron chi connectivity index (χ3n) is 3.72. The number of aromatic nitrogens is 4. The number of carboxylic acids is 1. The first-order valence-electron chi connectivity index (χ1n) is 7.40. The SMILES string of the molecule is CCn1ncc2c(-c3ccnc(Cl)c3)c(C=CC(=O)O)c(C)nc21. The van der Waals surface area contributed by atoms with E-state index in [1.54, 1.807) is 29.2 Å². The molecule has 6 nitrogen and oxygen atoms in total. The first-order chi connectivity index (χ1) is 11.5. The number of halogens is 1. The largest absolute Gasteiger partial charge is 0.478 e. The predicted molar refractivity (Wildman–Crippen MR) is 92.8 cm³/mol. The molecule has 0 saturated heterocycles. The van der Waals surface area contributed by atoms with Crippen LogP contribution in [0.25, 0.3) is 28.2 Å². The van der Waals surface area contributed by atoms with Crippen molar-refractivity contribution in [2.75, 3.05) is 0 Å². The van der Waals surface area contributed by atoms with Gasteiger partial charge in [-0.2, -0.15) is 5.10 Å². The number of carbonyl (C=O) groups is 1. The average molecular weight is 343 g/mol. The molecular formula is C17H15ClN4O2. The number of hydrogen-bond acceptors (Lipinski definition) is 4. The smallest absolute Gasteiger partial charge is 0.328 e. The summed E-state index contributed by atoms with van der Waals surface area (Å²) in [6, 6.07) is 3.58. The Morgan fingerprint density at radius 3 is 2.92 bits per heavy atom. The molecule has 0 unspecified atom stereocenters. The second-order valence-corrected chi connectivity index (χ2v) is 5.61. The maximum absolute atomic E-state index is 10.9. The van der Waals surface area contributed by atoms with Crippen LogP contribution in [0.2, 0.25) is 5.15 Å². The van der Waals surface area contributed by atoms with Gasteiger partial charge >= 0.3 is 5.97 Å². The summed E-state index contributed by atoms with van der Waals surface area (Å²) in [4.78, 5) is 19.6. The first-order valence-corrected chi connectivity index (χ1v) is 7.78. The summed E-state index contributed by atoms with van der Waals surface area (Å²) in [5.74, 6) is -1.02. The van der Waals surface area contributed by atoms with Gasteiger partial charge in [0.25, 0.3) is 0 Å². The minimum Gasteiger partial charge on any atom is -0.478 e. The molecule has 0 bridgehead atoms. The Kier molecular flexibility index (Phi) is 4.31. The summed E-state index contributed by atoms with van der Waals surface area (Å²) < 4.78 is 1.80. The Morgan fingerprint density at radius 1 is 1.46 bits per heavy atom. The molecule has 0 aromatic carbocycles. The molecule has 0 aliphatic carbocycles. The van der Waals surface area contributed by atoms with Crippen molar-refractivity contribution in [2.24, 2.45) is 0 Å². The van der Waals surface area contributed by atoms with Crippen molar-refractivity contribution in [3.8, 4) is 11.1 Å². The van der Waals surface area contributed by atoms with Crippen LogP contribution in [0, 0.1) is 6.92 Å². The van der Waals surface area contributed by atoms with Gasteiger partial charge in [0.15, 0.2) is 5.65 Å². The quantitative estimate of drug-likeness (QED) is 0.579. The fourth-order valence-corrected chi connectivity index (χ4v) is 2.85. The van der Waals surface area contributed by atoms with Crippen LogP contribution >= 0.6 is 11.6 Å². The molecule has 7 heteroatoms. The second kappa shape index (κ2) is 6.41. The minimum atomic E-state index is -1.02. The highest BCUT2D eigenvalue weighted by Gasteiger charge is 2.16. The topological polar surface area (TPSA) is 80.9 Å². The fourth-order valence-electron chi connectivity index (χ4n) is 2.68. The Bertz CT molecular complexity index is 963. The standard InChI is InChI=1S/C17H15ClN4O2/c1-3-22-17-13(9-20-22)16(11-6-7-19-14(18)8-11)12(10(2)21-17)4-5-15(23)24/h4-9H,3H2,1-2H3,(H,23,24). The van der Waals surface area contributed by atoms with Crippen LogP contribution in [-0.4, -0.2) is 30.8 Å². The number of aliphatic carboxylic acids is 1. The van der Waals surface area contributed by atoms with Crippen molar-refractivity contribution >= 4 is 34.7 Å². The van der Waals surface area contributed by atoms with Crippen LogP contribution in [0.3, 0.4) is 0 Å². The lowest BCUT2D eigenvalue weighted by Gasteiger charge is -2.12. The molecule has 24 heavy (non-hydrogen) atoms. The van der Waals surface area contributed by atoms with E-state index in [0.717, 1.165) is 39.5 Å². The summed E-state index contributed by atoms with van der Waals surface area (Å²) in [6.45, 7) is 4.53. The van der Waals surface area contributed by atoms with E-state index in [1.807, 2.05) is 19.9 Å². The first kappa shape index (κ1) is 16.1. The Hall–Kier alpha value is -2.73. The van der Waals surface area contributed by atoms with E-state index in [9.17, 15) is 4.79 Å². The van der Waals surface area contributed by atoms with Crippen molar-refractivity contribution in [1.29, 1.82) is 0 Å². The maximum atomic E-state index is 10.9. The van der Waals surface area contributed by atoms with E-state index in [1.165, 1.54) is 0 Å². The zero-order chi connectivity index (χ0) is 17.3. The van der Waals surface area contributed by atoms with Crippen LogP contribution in [0.1, 0.15) is 18.2 Å². The lowest BCUT2D eigenvalue weighted by Crippen LogP contribution is -2.01. The number of rotatable bonds is 4. The van der Waals surface area contributed by atoms with E-state index >= 15 is 0 Å². The fraction of sp³-hybridized carbons (Fsp3) is 0.176. The molecule has 122 valence electrons. The molecule has 0 aliphatic heterocycles. The summed E-state index contributed by atoms with van der Waals surface area (Å²) >= 11 is 6.04. The molecule has 0 atom stereocenters. The molecule has 0 radical (unpaired) electrons. The summed E-state index contributed by atoms with van der Waals surface area (Å²) in [6.07, 6.45) is 6.02. The predicted octanol–water partition coefficient (Wildman–Crippen LogP) is 3.57. The minimum absolute atomic E-state index is 0.367. The van der Waals surface area contributed by atoms with Gasteiger partial charge in [0.2, 0.25) is 0 Å². The summed E-state index contributed by atoms with van der Waals surface area (Å²) in [5.41, 5.74) is 3.89. The lowest BCUT2D eigenvalue weighted by molar-refractivity contribution is -0.131. The van der Waals surface area contributed by atoms with Gasteiger partial charge in [0.05, 0.1) is 6.20 Å². The van der Waals surface area contributed by atoms with Gasteiger partial charge < -0.3 is 5.11 Å². The third-order valence-corrected chi connectivity index (χ3v) is 3.93. The molecule has 0 spiro atoms. The van der Waals surface area contributed by atoms with Crippen LogP contribution in [0.4, 0.5) is 0 Å².